The topological polar surface area (TPSA) is 29.5 Å². The summed E-state index contributed by atoms with van der Waals surface area (Å²) in [7, 11) is 0. The maximum atomic E-state index is 12.9. The minimum absolute atomic E-state index is 0.204. The number of halogens is 3. The normalized spacial score (nSPS) is 11.4. The van der Waals surface area contributed by atoms with Gasteiger partial charge in [0.2, 0.25) is 0 Å². The first kappa shape index (κ1) is 18.0. The lowest BCUT2D eigenvalue weighted by molar-refractivity contribution is -0.137. The van der Waals surface area contributed by atoms with Crippen LogP contribution < -0.4 is 4.74 Å². The van der Waals surface area contributed by atoms with Crippen molar-refractivity contribution in [1.29, 1.82) is 0 Å². The molecule has 0 saturated heterocycles. The Bertz CT molecular complexity index is 874. The third kappa shape index (κ3) is 4.06. The number of aliphatic hydroxyl groups is 1. The van der Waals surface area contributed by atoms with Crippen molar-refractivity contribution >= 4 is 0 Å². The van der Waals surface area contributed by atoms with Gasteiger partial charge in [0.15, 0.2) is 0 Å². The van der Waals surface area contributed by atoms with Crippen molar-refractivity contribution < 1.29 is 23.0 Å². The Hall–Kier alpha value is -2.79. The molecular formula is C21H17F3O2. The molecule has 0 spiro atoms. The van der Waals surface area contributed by atoms with Crippen molar-refractivity contribution in [3.63, 3.8) is 0 Å². The third-order valence-electron chi connectivity index (χ3n) is 4.02. The summed E-state index contributed by atoms with van der Waals surface area (Å²) >= 11 is 0. The van der Waals surface area contributed by atoms with E-state index in [1.54, 1.807) is 24.3 Å². The zero-order valence-corrected chi connectivity index (χ0v) is 13.8. The zero-order chi connectivity index (χ0) is 18.6. The van der Waals surface area contributed by atoms with Crippen LogP contribution >= 0.6 is 0 Å². The molecule has 0 radical (unpaired) electrons. The number of rotatable bonds is 5. The fourth-order valence-electron chi connectivity index (χ4n) is 2.71. The van der Waals surface area contributed by atoms with Gasteiger partial charge in [0.25, 0.3) is 0 Å². The molecule has 0 atom stereocenters. The van der Waals surface area contributed by atoms with Crippen molar-refractivity contribution in [3.8, 4) is 16.9 Å². The second kappa shape index (κ2) is 7.62. The lowest BCUT2D eigenvalue weighted by Crippen LogP contribution is -2.06. The molecule has 0 unspecified atom stereocenters. The van der Waals surface area contributed by atoms with Crippen molar-refractivity contribution in [2.24, 2.45) is 0 Å². The van der Waals surface area contributed by atoms with Crippen LogP contribution in [-0.4, -0.2) is 5.11 Å². The summed E-state index contributed by atoms with van der Waals surface area (Å²) in [6.45, 7) is -0.154. The zero-order valence-electron chi connectivity index (χ0n) is 13.8. The molecule has 0 saturated carbocycles. The van der Waals surface area contributed by atoms with Gasteiger partial charge in [0.05, 0.1) is 12.2 Å². The van der Waals surface area contributed by atoms with Crippen LogP contribution in [0.4, 0.5) is 13.2 Å². The van der Waals surface area contributed by atoms with E-state index in [0.29, 0.717) is 23.5 Å². The highest BCUT2D eigenvalue weighted by molar-refractivity contribution is 5.73. The molecule has 5 heteroatoms. The fraction of sp³-hybridized carbons (Fsp3) is 0.143. The van der Waals surface area contributed by atoms with Gasteiger partial charge in [-0.25, -0.2) is 0 Å². The average Bonchev–Trinajstić information content (AvgIpc) is 2.66. The van der Waals surface area contributed by atoms with E-state index in [9.17, 15) is 18.3 Å². The summed E-state index contributed by atoms with van der Waals surface area (Å²) in [5.41, 5.74) is 1.56. The number of ether oxygens (including phenoxy) is 1. The van der Waals surface area contributed by atoms with Gasteiger partial charge < -0.3 is 9.84 Å². The fourth-order valence-corrected chi connectivity index (χ4v) is 2.71. The Morgan fingerprint density at radius 3 is 2.19 bits per heavy atom. The molecule has 26 heavy (non-hydrogen) atoms. The van der Waals surface area contributed by atoms with E-state index in [1.165, 1.54) is 6.07 Å². The first-order valence-corrected chi connectivity index (χ1v) is 8.06. The molecule has 3 aromatic carbocycles. The van der Waals surface area contributed by atoms with Gasteiger partial charge >= 0.3 is 6.18 Å². The van der Waals surface area contributed by atoms with Crippen molar-refractivity contribution in [2.45, 2.75) is 19.4 Å². The first-order valence-electron chi connectivity index (χ1n) is 8.06. The van der Waals surface area contributed by atoms with E-state index in [0.717, 1.165) is 17.7 Å². The molecule has 0 aliphatic rings. The monoisotopic (exact) mass is 358 g/mol. The number of hydrogen-bond acceptors (Lipinski definition) is 2. The summed E-state index contributed by atoms with van der Waals surface area (Å²) in [5, 5.41) is 9.56. The first-order chi connectivity index (χ1) is 12.5. The smallest absolute Gasteiger partial charge is 0.416 e. The van der Waals surface area contributed by atoms with Gasteiger partial charge in [-0.1, -0.05) is 54.6 Å². The molecule has 0 heterocycles. The van der Waals surface area contributed by atoms with Crippen LogP contribution in [0.2, 0.25) is 0 Å². The molecule has 0 aliphatic heterocycles. The Morgan fingerprint density at radius 2 is 1.50 bits per heavy atom. The highest BCUT2D eigenvalue weighted by atomic mass is 19.4. The van der Waals surface area contributed by atoms with Crippen LogP contribution in [-0.2, 0) is 19.4 Å². The molecule has 3 aromatic rings. The van der Waals surface area contributed by atoms with Crippen LogP contribution in [0.3, 0.4) is 0 Å². The van der Waals surface area contributed by atoms with E-state index in [4.69, 9.17) is 4.74 Å². The highest BCUT2D eigenvalue weighted by Gasteiger charge is 2.31. The predicted molar refractivity (Wildman–Crippen MR) is 93.6 cm³/mol. The van der Waals surface area contributed by atoms with E-state index in [1.807, 2.05) is 30.3 Å². The van der Waals surface area contributed by atoms with Gasteiger partial charge in [-0.3, -0.25) is 0 Å². The SMILES string of the molecule is OCc1cc(C(F)(F)F)ccc1-c1ccccc1OCc1ccccc1. The van der Waals surface area contributed by atoms with Gasteiger partial charge in [0, 0.05) is 5.56 Å². The Balaban J connectivity index is 1.94. The van der Waals surface area contributed by atoms with Crippen LogP contribution in [0.1, 0.15) is 16.7 Å². The van der Waals surface area contributed by atoms with E-state index >= 15 is 0 Å². The largest absolute Gasteiger partial charge is 0.488 e. The van der Waals surface area contributed by atoms with E-state index in [2.05, 4.69) is 0 Å². The molecule has 0 aromatic heterocycles. The number of aliphatic hydroxyl groups excluding tert-OH is 1. The van der Waals surface area contributed by atoms with Crippen LogP contribution in [0.5, 0.6) is 5.75 Å². The minimum atomic E-state index is -4.45. The Morgan fingerprint density at radius 1 is 0.808 bits per heavy atom. The van der Waals surface area contributed by atoms with Gasteiger partial charge in [-0.15, -0.1) is 0 Å². The average molecular weight is 358 g/mol. The molecular weight excluding hydrogens is 341 g/mol. The third-order valence-corrected chi connectivity index (χ3v) is 4.02. The highest BCUT2D eigenvalue weighted by Crippen LogP contribution is 2.37. The van der Waals surface area contributed by atoms with Crippen molar-refractivity contribution in [2.75, 3.05) is 0 Å². The predicted octanol–water partition coefficient (Wildman–Crippen LogP) is 5.44. The number of benzene rings is 3. The van der Waals surface area contributed by atoms with E-state index < -0.39 is 18.3 Å². The Labute approximate surface area is 149 Å². The molecule has 3 rings (SSSR count). The van der Waals surface area contributed by atoms with Crippen molar-refractivity contribution in [1.82, 2.24) is 0 Å². The summed E-state index contributed by atoms with van der Waals surface area (Å²) in [4.78, 5) is 0. The maximum Gasteiger partial charge on any atom is 0.416 e. The lowest BCUT2D eigenvalue weighted by atomic mass is 9.97. The molecule has 134 valence electrons. The molecule has 0 aliphatic carbocycles. The van der Waals surface area contributed by atoms with E-state index in [-0.39, 0.29) is 5.56 Å². The molecule has 2 nitrogen and oxygen atoms in total. The quantitative estimate of drug-likeness (QED) is 0.658. The minimum Gasteiger partial charge on any atom is -0.488 e. The molecule has 1 N–H and O–H groups in total. The van der Waals surface area contributed by atoms with Crippen molar-refractivity contribution in [3.05, 3.63) is 89.5 Å². The lowest BCUT2D eigenvalue weighted by Gasteiger charge is -2.16. The van der Waals surface area contributed by atoms with Gasteiger partial charge in [-0.2, -0.15) is 13.2 Å². The summed E-state index contributed by atoms with van der Waals surface area (Å²) in [6, 6.07) is 20.1. The summed E-state index contributed by atoms with van der Waals surface area (Å²) < 4.78 is 44.6. The van der Waals surface area contributed by atoms with Gasteiger partial charge in [0.1, 0.15) is 12.4 Å². The maximum absolute atomic E-state index is 12.9. The second-order valence-corrected chi connectivity index (χ2v) is 5.80. The van der Waals surface area contributed by atoms with Crippen LogP contribution in [0.15, 0.2) is 72.8 Å². The van der Waals surface area contributed by atoms with Crippen LogP contribution in [0, 0.1) is 0 Å². The Kier molecular flexibility index (Phi) is 5.28. The molecule has 0 fully saturated rings. The number of hydrogen-bond donors (Lipinski definition) is 1. The molecule has 0 bridgehead atoms. The summed E-state index contributed by atoms with van der Waals surface area (Å²) in [6.07, 6.45) is -4.45. The van der Waals surface area contributed by atoms with Gasteiger partial charge in [-0.05, 0) is 34.9 Å². The van der Waals surface area contributed by atoms with Crippen LogP contribution in [0.25, 0.3) is 11.1 Å². The number of alkyl halides is 3. The second-order valence-electron chi connectivity index (χ2n) is 5.80. The number of para-hydroxylation sites is 1. The summed E-state index contributed by atoms with van der Waals surface area (Å²) in [5.74, 6) is 0.547. The standard InChI is InChI=1S/C21H17F3O2/c22-21(23,24)17-10-11-18(16(12-17)13-25)19-8-4-5-9-20(19)26-14-15-6-2-1-3-7-15/h1-12,25H,13-14H2. The molecule has 0 amide bonds.